The highest BCUT2D eigenvalue weighted by atomic mass is 16.5. The Bertz CT molecular complexity index is 132. The molecule has 1 N–H and O–H groups in total. The van der Waals surface area contributed by atoms with Gasteiger partial charge in [0.05, 0.1) is 19.9 Å². The van der Waals surface area contributed by atoms with Crippen molar-refractivity contribution in [1.29, 1.82) is 0 Å². The average Bonchev–Trinajstić information content (AvgIpc) is 2.07. The van der Waals surface area contributed by atoms with Crippen molar-refractivity contribution in [2.45, 2.75) is 19.4 Å². The summed E-state index contributed by atoms with van der Waals surface area (Å²) in [6, 6.07) is -0.163. The van der Waals surface area contributed by atoms with Crippen LogP contribution in [-0.2, 0) is 14.3 Å². The first-order valence-corrected chi connectivity index (χ1v) is 3.82. The Morgan fingerprint density at radius 2 is 2.64 bits per heavy atom. The molecule has 1 unspecified atom stereocenters. The first-order chi connectivity index (χ1) is 5.34. The molecule has 0 aliphatic carbocycles. The molecule has 0 aromatic carbocycles. The van der Waals surface area contributed by atoms with Gasteiger partial charge in [0.25, 0.3) is 0 Å². The van der Waals surface area contributed by atoms with Crippen molar-refractivity contribution in [3.05, 3.63) is 0 Å². The van der Waals surface area contributed by atoms with Gasteiger partial charge in [-0.25, -0.2) is 0 Å². The van der Waals surface area contributed by atoms with E-state index in [0.29, 0.717) is 26.4 Å². The summed E-state index contributed by atoms with van der Waals surface area (Å²) in [5, 5.41) is 2.91. The first-order valence-electron chi connectivity index (χ1n) is 3.82. The molecule has 1 atom stereocenters. The van der Waals surface area contributed by atoms with Gasteiger partial charge >= 0.3 is 5.97 Å². The maximum Gasteiger partial charge on any atom is 0.323 e. The van der Waals surface area contributed by atoms with Crippen LogP contribution < -0.4 is 5.32 Å². The SMILES string of the molecule is CCOC(=O)C1CCOCN1. The summed E-state index contributed by atoms with van der Waals surface area (Å²) >= 11 is 0. The van der Waals surface area contributed by atoms with E-state index in [1.807, 2.05) is 0 Å². The van der Waals surface area contributed by atoms with Crippen molar-refractivity contribution in [3.63, 3.8) is 0 Å². The molecule has 0 radical (unpaired) electrons. The third-order valence-corrected chi connectivity index (χ3v) is 1.55. The third-order valence-electron chi connectivity index (χ3n) is 1.55. The second-order valence-corrected chi connectivity index (χ2v) is 2.35. The fourth-order valence-corrected chi connectivity index (χ4v) is 0.979. The fraction of sp³-hybridized carbons (Fsp3) is 0.857. The van der Waals surface area contributed by atoms with Crippen LogP contribution in [0.5, 0.6) is 0 Å². The van der Waals surface area contributed by atoms with Crippen molar-refractivity contribution >= 4 is 5.97 Å². The molecule has 1 aliphatic heterocycles. The first kappa shape index (κ1) is 8.49. The van der Waals surface area contributed by atoms with Gasteiger partial charge in [-0.1, -0.05) is 0 Å². The van der Waals surface area contributed by atoms with Gasteiger partial charge in [-0.15, -0.1) is 0 Å². The summed E-state index contributed by atoms with van der Waals surface area (Å²) in [5.74, 6) is -0.171. The lowest BCUT2D eigenvalue weighted by atomic mass is 10.2. The van der Waals surface area contributed by atoms with E-state index in [2.05, 4.69) is 5.32 Å². The number of hydrogen-bond acceptors (Lipinski definition) is 4. The Morgan fingerprint density at radius 3 is 3.18 bits per heavy atom. The van der Waals surface area contributed by atoms with E-state index < -0.39 is 0 Å². The van der Waals surface area contributed by atoms with E-state index in [9.17, 15) is 4.79 Å². The predicted molar refractivity (Wildman–Crippen MR) is 39.0 cm³/mol. The summed E-state index contributed by atoms with van der Waals surface area (Å²) < 4.78 is 9.83. The van der Waals surface area contributed by atoms with Crippen molar-refractivity contribution in [2.24, 2.45) is 0 Å². The average molecular weight is 159 g/mol. The van der Waals surface area contributed by atoms with Crippen LogP contribution in [0.1, 0.15) is 13.3 Å². The van der Waals surface area contributed by atoms with Gasteiger partial charge < -0.3 is 9.47 Å². The molecule has 0 amide bonds. The predicted octanol–water partition coefficient (Wildman–Crippen LogP) is -0.114. The van der Waals surface area contributed by atoms with Crippen LogP contribution in [0.25, 0.3) is 0 Å². The molecule has 0 aromatic heterocycles. The third kappa shape index (κ3) is 2.48. The summed E-state index contributed by atoms with van der Waals surface area (Å²) in [6.45, 7) is 3.33. The van der Waals surface area contributed by atoms with E-state index in [1.165, 1.54) is 0 Å². The van der Waals surface area contributed by atoms with Gasteiger partial charge in [0, 0.05) is 0 Å². The zero-order valence-electron chi connectivity index (χ0n) is 6.63. The van der Waals surface area contributed by atoms with Crippen LogP contribution in [0, 0.1) is 0 Å². The Morgan fingerprint density at radius 1 is 1.82 bits per heavy atom. The second kappa shape index (κ2) is 4.31. The lowest BCUT2D eigenvalue weighted by molar-refractivity contribution is -0.148. The van der Waals surface area contributed by atoms with E-state index >= 15 is 0 Å². The number of rotatable bonds is 2. The van der Waals surface area contributed by atoms with Crippen LogP contribution >= 0.6 is 0 Å². The highest BCUT2D eigenvalue weighted by Gasteiger charge is 2.21. The van der Waals surface area contributed by atoms with Crippen LogP contribution in [0.3, 0.4) is 0 Å². The lowest BCUT2D eigenvalue weighted by Crippen LogP contribution is -2.43. The molecule has 0 aromatic rings. The summed E-state index contributed by atoms with van der Waals surface area (Å²) in [5.41, 5.74) is 0. The standard InChI is InChI=1S/C7H13NO3/c1-2-11-7(9)6-3-4-10-5-8-6/h6,8H,2-5H2,1H3. The van der Waals surface area contributed by atoms with Gasteiger partial charge in [-0.2, -0.15) is 0 Å². The van der Waals surface area contributed by atoms with Crippen molar-refractivity contribution in [2.75, 3.05) is 19.9 Å². The molecule has 0 spiro atoms. The maximum absolute atomic E-state index is 11.1. The molecule has 4 heteroatoms. The minimum atomic E-state index is -0.171. The Balaban J connectivity index is 2.27. The largest absolute Gasteiger partial charge is 0.465 e. The van der Waals surface area contributed by atoms with Crippen LogP contribution in [0.2, 0.25) is 0 Å². The normalized spacial score (nSPS) is 24.6. The monoisotopic (exact) mass is 159 g/mol. The minimum absolute atomic E-state index is 0.163. The summed E-state index contributed by atoms with van der Waals surface area (Å²) in [4.78, 5) is 11.1. The lowest BCUT2D eigenvalue weighted by Gasteiger charge is -2.21. The number of carbonyl (C=O) groups excluding carboxylic acids is 1. The topological polar surface area (TPSA) is 47.6 Å². The highest BCUT2D eigenvalue weighted by molar-refractivity contribution is 5.75. The van der Waals surface area contributed by atoms with Crippen LogP contribution in [-0.4, -0.2) is 32.0 Å². The molecular formula is C7H13NO3. The van der Waals surface area contributed by atoms with E-state index in [4.69, 9.17) is 9.47 Å². The van der Waals surface area contributed by atoms with Crippen LogP contribution in [0.15, 0.2) is 0 Å². The molecule has 1 saturated heterocycles. The zero-order chi connectivity index (χ0) is 8.10. The van der Waals surface area contributed by atoms with Gasteiger partial charge in [-0.05, 0) is 13.3 Å². The number of esters is 1. The summed E-state index contributed by atoms with van der Waals surface area (Å²) in [7, 11) is 0. The molecule has 1 heterocycles. The molecular weight excluding hydrogens is 146 g/mol. The molecule has 0 saturated carbocycles. The van der Waals surface area contributed by atoms with E-state index in [0.717, 1.165) is 0 Å². The summed E-state index contributed by atoms with van der Waals surface area (Å²) in [6.07, 6.45) is 0.707. The maximum atomic E-state index is 11.1. The van der Waals surface area contributed by atoms with Gasteiger partial charge in [0.1, 0.15) is 6.04 Å². The molecule has 11 heavy (non-hydrogen) atoms. The minimum Gasteiger partial charge on any atom is -0.465 e. The van der Waals surface area contributed by atoms with Crippen LogP contribution in [0.4, 0.5) is 0 Å². The molecule has 0 bridgehead atoms. The molecule has 1 aliphatic rings. The molecule has 1 rings (SSSR count). The molecule has 1 fully saturated rings. The van der Waals surface area contributed by atoms with Gasteiger partial charge in [0.2, 0.25) is 0 Å². The Kier molecular flexibility index (Phi) is 3.32. The quantitative estimate of drug-likeness (QED) is 0.571. The number of hydrogen-bond donors (Lipinski definition) is 1. The fourth-order valence-electron chi connectivity index (χ4n) is 0.979. The number of ether oxygens (including phenoxy) is 2. The smallest absolute Gasteiger partial charge is 0.323 e. The molecule has 4 nitrogen and oxygen atoms in total. The highest BCUT2D eigenvalue weighted by Crippen LogP contribution is 2.00. The molecule has 64 valence electrons. The second-order valence-electron chi connectivity index (χ2n) is 2.35. The zero-order valence-corrected chi connectivity index (χ0v) is 6.63. The van der Waals surface area contributed by atoms with Crippen molar-refractivity contribution in [3.8, 4) is 0 Å². The van der Waals surface area contributed by atoms with Gasteiger partial charge in [-0.3, -0.25) is 10.1 Å². The number of carbonyl (C=O) groups is 1. The Hall–Kier alpha value is -0.610. The van der Waals surface area contributed by atoms with Gasteiger partial charge in [0.15, 0.2) is 0 Å². The van der Waals surface area contributed by atoms with E-state index in [-0.39, 0.29) is 12.0 Å². The van der Waals surface area contributed by atoms with Crippen molar-refractivity contribution < 1.29 is 14.3 Å². The van der Waals surface area contributed by atoms with E-state index in [1.54, 1.807) is 6.92 Å². The number of nitrogens with one attached hydrogen (secondary N) is 1. The Labute approximate surface area is 65.9 Å². The van der Waals surface area contributed by atoms with Crippen molar-refractivity contribution in [1.82, 2.24) is 5.32 Å².